The van der Waals surface area contributed by atoms with Crippen molar-refractivity contribution >= 4 is 5.91 Å². The molecule has 0 aliphatic rings. The van der Waals surface area contributed by atoms with E-state index < -0.39 is 5.54 Å². The molecule has 90 valence electrons. The van der Waals surface area contributed by atoms with Crippen LogP contribution in [-0.4, -0.2) is 48.7 Å². The highest BCUT2D eigenvalue weighted by Crippen LogP contribution is 2.14. The molecule has 0 aliphatic carbocycles. The Morgan fingerprint density at radius 1 is 1.33 bits per heavy atom. The van der Waals surface area contributed by atoms with Gasteiger partial charge >= 0.3 is 0 Å². The van der Waals surface area contributed by atoms with E-state index in [0.717, 1.165) is 19.4 Å². The SMILES string of the molecule is CCC(CC)(CO)NC(=O)CCN(C)C. The van der Waals surface area contributed by atoms with Crippen molar-refractivity contribution in [2.24, 2.45) is 0 Å². The van der Waals surface area contributed by atoms with Crippen LogP contribution in [-0.2, 0) is 4.79 Å². The Morgan fingerprint density at radius 2 is 1.87 bits per heavy atom. The van der Waals surface area contributed by atoms with E-state index in [9.17, 15) is 9.90 Å². The highest BCUT2D eigenvalue weighted by Gasteiger charge is 2.26. The normalized spacial score (nSPS) is 11.9. The highest BCUT2D eigenvalue weighted by molar-refractivity contribution is 5.77. The third-order valence-electron chi connectivity index (χ3n) is 2.85. The first-order valence-corrected chi connectivity index (χ1v) is 5.56. The van der Waals surface area contributed by atoms with Gasteiger partial charge in [0.1, 0.15) is 0 Å². The van der Waals surface area contributed by atoms with Crippen LogP contribution in [0.25, 0.3) is 0 Å². The Bertz CT molecular complexity index is 181. The number of aliphatic hydroxyl groups excluding tert-OH is 1. The van der Waals surface area contributed by atoms with Crippen LogP contribution in [0.5, 0.6) is 0 Å². The van der Waals surface area contributed by atoms with Gasteiger partial charge in [-0.25, -0.2) is 0 Å². The molecular formula is C11H24N2O2. The molecule has 0 radical (unpaired) electrons. The predicted octanol–water partition coefficient (Wildman–Crippen LogP) is 0.605. The molecule has 0 rings (SSSR count). The van der Waals surface area contributed by atoms with E-state index in [1.165, 1.54) is 0 Å². The average molecular weight is 216 g/mol. The number of aliphatic hydroxyl groups is 1. The minimum Gasteiger partial charge on any atom is -0.394 e. The predicted molar refractivity (Wildman–Crippen MR) is 61.7 cm³/mol. The number of carbonyl (C=O) groups is 1. The lowest BCUT2D eigenvalue weighted by molar-refractivity contribution is -0.124. The highest BCUT2D eigenvalue weighted by atomic mass is 16.3. The third-order valence-corrected chi connectivity index (χ3v) is 2.85. The molecular weight excluding hydrogens is 192 g/mol. The van der Waals surface area contributed by atoms with Gasteiger partial charge in [0, 0.05) is 13.0 Å². The number of hydrogen-bond donors (Lipinski definition) is 2. The van der Waals surface area contributed by atoms with Crippen molar-refractivity contribution < 1.29 is 9.90 Å². The maximum absolute atomic E-state index is 11.6. The van der Waals surface area contributed by atoms with E-state index in [1.54, 1.807) is 0 Å². The molecule has 0 fully saturated rings. The Hall–Kier alpha value is -0.610. The first-order chi connectivity index (χ1) is 6.99. The molecule has 0 bridgehead atoms. The second-order valence-electron chi connectivity index (χ2n) is 4.25. The van der Waals surface area contributed by atoms with Crippen molar-refractivity contribution in [3.63, 3.8) is 0 Å². The molecule has 0 spiro atoms. The van der Waals surface area contributed by atoms with Crippen molar-refractivity contribution in [2.75, 3.05) is 27.2 Å². The molecule has 0 unspecified atom stereocenters. The minimum absolute atomic E-state index is 0.00764. The van der Waals surface area contributed by atoms with Crippen LogP contribution >= 0.6 is 0 Å². The Balaban J connectivity index is 4.11. The summed E-state index contributed by atoms with van der Waals surface area (Å²) in [7, 11) is 3.87. The fraction of sp³-hybridized carbons (Fsp3) is 0.909. The molecule has 0 atom stereocenters. The quantitative estimate of drug-likeness (QED) is 0.655. The van der Waals surface area contributed by atoms with E-state index >= 15 is 0 Å². The summed E-state index contributed by atoms with van der Waals surface area (Å²) < 4.78 is 0. The van der Waals surface area contributed by atoms with E-state index in [2.05, 4.69) is 5.32 Å². The molecule has 0 aromatic rings. The molecule has 1 amide bonds. The smallest absolute Gasteiger partial charge is 0.221 e. The van der Waals surface area contributed by atoms with Crippen molar-refractivity contribution in [3.8, 4) is 0 Å². The lowest BCUT2D eigenvalue weighted by Crippen LogP contribution is -2.50. The molecule has 4 nitrogen and oxygen atoms in total. The Kier molecular flexibility index (Phi) is 6.52. The summed E-state index contributed by atoms with van der Waals surface area (Å²) in [5, 5.41) is 12.2. The first kappa shape index (κ1) is 14.4. The van der Waals surface area contributed by atoms with E-state index in [-0.39, 0.29) is 12.5 Å². The van der Waals surface area contributed by atoms with Gasteiger partial charge in [0.15, 0.2) is 0 Å². The largest absolute Gasteiger partial charge is 0.394 e. The Labute approximate surface area is 92.7 Å². The lowest BCUT2D eigenvalue weighted by Gasteiger charge is -2.30. The minimum atomic E-state index is -0.427. The molecule has 0 aliphatic heterocycles. The summed E-state index contributed by atoms with van der Waals surface area (Å²) >= 11 is 0. The summed E-state index contributed by atoms with van der Waals surface area (Å²) in [6.45, 7) is 4.70. The van der Waals surface area contributed by atoms with Crippen LogP contribution in [0, 0.1) is 0 Å². The van der Waals surface area contributed by atoms with E-state index in [0.29, 0.717) is 6.42 Å². The third kappa shape index (κ3) is 5.14. The van der Waals surface area contributed by atoms with Gasteiger partial charge in [0.2, 0.25) is 5.91 Å². The number of amides is 1. The van der Waals surface area contributed by atoms with Gasteiger partial charge in [-0.3, -0.25) is 4.79 Å². The van der Waals surface area contributed by atoms with Crippen LogP contribution in [0.2, 0.25) is 0 Å². The molecule has 15 heavy (non-hydrogen) atoms. The van der Waals surface area contributed by atoms with Gasteiger partial charge < -0.3 is 15.3 Å². The van der Waals surface area contributed by atoms with Gasteiger partial charge in [0.05, 0.1) is 12.1 Å². The number of hydrogen-bond acceptors (Lipinski definition) is 3. The van der Waals surface area contributed by atoms with Gasteiger partial charge in [-0.2, -0.15) is 0 Å². The van der Waals surface area contributed by atoms with E-state index in [4.69, 9.17) is 0 Å². The zero-order valence-electron chi connectivity index (χ0n) is 10.3. The van der Waals surface area contributed by atoms with Gasteiger partial charge in [-0.15, -0.1) is 0 Å². The fourth-order valence-corrected chi connectivity index (χ4v) is 1.37. The average Bonchev–Trinajstić information content (AvgIpc) is 2.23. The van der Waals surface area contributed by atoms with Crippen LogP contribution in [0.3, 0.4) is 0 Å². The molecule has 0 aromatic carbocycles. The number of rotatable bonds is 7. The number of nitrogens with one attached hydrogen (secondary N) is 1. The molecule has 0 heterocycles. The van der Waals surface area contributed by atoms with Crippen molar-refractivity contribution in [3.05, 3.63) is 0 Å². The topological polar surface area (TPSA) is 52.6 Å². The molecule has 2 N–H and O–H groups in total. The van der Waals surface area contributed by atoms with E-state index in [1.807, 2.05) is 32.8 Å². The van der Waals surface area contributed by atoms with Crippen LogP contribution in [0.4, 0.5) is 0 Å². The van der Waals surface area contributed by atoms with Gasteiger partial charge in [-0.1, -0.05) is 13.8 Å². The summed E-state index contributed by atoms with van der Waals surface area (Å²) in [4.78, 5) is 13.6. The van der Waals surface area contributed by atoms with Crippen LogP contribution < -0.4 is 5.32 Å². The zero-order valence-corrected chi connectivity index (χ0v) is 10.3. The van der Waals surface area contributed by atoms with Crippen molar-refractivity contribution in [2.45, 2.75) is 38.6 Å². The van der Waals surface area contributed by atoms with Crippen molar-refractivity contribution in [1.29, 1.82) is 0 Å². The number of carbonyl (C=O) groups excluding carboxylic acids is 1. The van der Waals surface area contributed by atoms with Crippen LogP contribution in [0.15, 0.2) is 0 Å². The molecule has 0 saturated heterocycles. The Morgan fingerprint density at radius 3 is 2.20 bits per heavy atom. The van der Waals surface area contributed by atoms with Crippen molar-refractivity contribution in [1.82, 2.24) is 10.2 Å². The van der Waals surface area contributed by atoms with Crippen LogP contribution in [0.1, 0.15) is 33.1 Å². The van der Waals surface area contributed by atoms with Gasteiger partial charge in [0.25, 0.3) is 0 Å². The molecule has 0 aromatic heterocycles. The number of nitrogens with zero attached hydrogens (tertiary/aromatic N) is 1. The summed E-state index contributed by atoms with van der Waals surface area (Å²) in [6, 6.07) is 0. The summed E-state index contributed by atoms with van der Waals surface area (Å²) in [5.41, 5.74) is -0.427. The molecule has 4 heteroatoms. The summed E-state index contributed by atoms with van der Waals surface area (Å²) in [5.74, 6) is 0.0152. The second-order valence-corrected chi connectivity index (χ2v) is 4.25. The maximum Gasteiger partial charge on any atom is 0.221 e. The molecule has 0 saturated carbocycles. The summed E-state index contributed by atoms with van der Waals surface area (Å²) in [6.07, 6.45) is 2.00. The maximum atomic E-state index is 11.6. The first-order valence-electron chi connectivity index (χ1n) is 5.56. The monoisotopic (exact) mass is 216 g/mol. The zero-order chi connectivity index (χ0) is 11.9. The standard InChI is InChI=1S/C11H24N2O2/c1-5-11(6-2,9-14)12-10(15)7-8-13(3)4/h14H,5-9H2,1-4H3,(H,12,15). The lowest BCUT2D eigenvalue weighted by atomic mass is 9.93. The van der Waals surface area contributed by atoms with Gasteiger partial charge in [-0.05, 0) is 26.9 Å². The fourth-order valence-electron chi connectivity index (χ4n) is 1.37. The second kappa shape index (κ2) is 6.80.